The monoisotopic (exact) mass is 301 g/mol. The number of alkyl halides is 3. The molecule has 0 aliphatic carbocycles. The van der Waals surface area contributed by atoms with Gasteiger partial charge in [-0.25, -0.2) is 0 Å². The van der Waals surface area contributed by atoms with E-state index in [4.69, 9.17) is 5.73 Å². The van der Waals surface area contributed by atoms with E-state index in [1.807, 2.05) is 4.90 Å². The van der Waals surface area contributed by atoms with Gasteiger partial charge in [-0.3, -0.25) is 9.58 Å². The van der Waals surface area contributed by atoms with Gasteiger partial charge in [0, 0.05) is 25.8 Å². The molecule has 0 atom stereocenters. The molecule has 0 bridgehead atoms. The van der Waals surface area contributed by atoms with Crippen LogP contribution in [0.3, 0.4) is 0 Å². The summed E-state index contributed by atoms with van der Waals surface area (Å²) in [4.78, 5) is 2.02. The van der Waals surface area contributed by atoms with Gasteiger partial charge < -0.3 is 10.3 Å². The van der Waals surface area contributed by atoms with E-state index in [1.165, 1.54) is 0 Å². The van der Waals surface area contributed by atoms with Gasteiger partial charge in [0.05, 0.1) is 25.0 Å². The molecule has 0 amide bonds. The first-order chi connectivity index (χ1) is 9.93. The van der Waals surface area contributed by atoms with Gasteiger partial charge in [0.25, 0.3) is 0 Å². The lowest BCUT2D eigenvalue weighted by Gasteiger charge is -2.27. The van der Waals surface area contributed by atoms with Crippen LogP contribution in [0.15, 0.2) is 12.4 Å². The third-order valence-electron chi connectivity index (χ3n) is 3.38. The summed E-state index contributed by atoms with van der Waals surface area (Å²) in [7, 11) is 0. The van der Waals surface area contributed by atoms with E-state index in [0.29, 0.717) is 37.7 Å². The van der Waals surface area contributed by atoms with E-state index in [9.17, 15) is 13.2 Å². The lowest BCUT2D eigenvalue weighted by molar-refractivity contribution is -0.148. The fraction of sp³-hybridized carbons (Fsp3) is 0.545. The average molecular weight is 301 g/mol. The molecule has 10 heteroatoms. The van der Waals surface area contributed by atoms with E-state index >= 15 is 0 Å². The van der Waals surface area contributed by atoms with Crippen molar-refractivity contribution in [3.05, 3.63) is 24.0 Å². The van der Waals surface area contributed by atoms with Gasteiger partial charge in [0.1, 0.15) is 5.82 Å². The lowest BCUT2D eigenvalue weighted by Crippen LogP contribution is -2.37. The number of fused-ring (bicyclic) bond motifs is 1. The van der Waals surface area contributed by atoms with Crippen molar-refractivity contribution in [3.8, 4) is 0 Å². The molecule has 114 valence electrons. The Labute approximate surface area is 118 Å². The van der Waals surface area contributed by atoms with Gasteiger partial charge >= 0.3 is 6.18 Å². The van der Waals surface area contributed by atoms with Crippen molar-refractivity contribution < 1.29 is 13.2 Å². The van der Waals surface area contributed by atoms with Crippen LogP contribution >= 0.6 is 0 Å². The smallest absolute Gasteiger partial charge is 0.396 e. The van der Waals surface area contributed by atoms with Crippen molar-refractivity contribution >= 4 is 5.69 Å². The zero-order chi connectivity index (χ0) is 15.0. The maximum absolute atomic E-state index is 12.7. The van der Waals surface area contributed by atoms with Crippen LogP contribution in [-0.2, 0) is 25.8 Å². The number of nitrogen functional groups attached to an aromatic ring is 1. The van der Waals surface area contributed by atoms with Crippen LogP contribution in [0.2, 0.25) is 0 Å². The topological polar surface area (TPSA) is 77.8 Å². The number of aromatic nitrogens is 5. The molecule has 0 unspecified atom stereocenters. The summed E-state index contributed by atoms with van der Waals surface area (Å²) in [6.07, 6.45) is -1.18. The highest BCUT2D eigenvalue weighted by atomic mass is 19.4. The van der Waals surface area contributed by atoms with Gasteiger partial charge in [0.2, 0.25) is 5.82 Å². The minimum atomic E-state index is -4.46. The standard InChI is InChI=1S/C11H14F3N7/c12-11(13,14)10-18-17-9-7-19(2-4-21(9)10)1-3-20-6-8(15)5-16-20/h5-6H,1-4,7,15H2. The maximum atomic E-state index is 12.7. The van der Waals surface area contributed by atoms with Gasteiger partial charge in [0.15, 0.2) is 0 Å². The van der Waals surface area contributed by atoms with Crippen LogP contribution in [0.5, 0.6) is 0 Å². The minimum Gasteiger partial charge on any atom is -0.396 e. The first kappa shape index (κ1) is 13.9. The van der Waals surface area contributed by atoms with Crippen LogP contribution < -0.4 is 5.73 Å². The Morgan fingerprint density at radius 3 is 2.67 bits per heavy atom. The fourth-order valence-corrected chi connectivity index (χ4v) is 2.35. The van der Waals surface area contributed by atoms with Gasteiger partial charge in [-0.05, 0) is 0 Å². The van der Waals surface area contributed by atoms with E-state index in [1.54, 1.807) is 17.1 Å². The Morgan fingerprint density at radius 1 is 1.19 bits per heavy atom. The highest BCUT2D eigenvalue weighted by Gasteiger charge is 2.39. The molecule has 1 aliphatic heterocycles. The predicted octanol–water partition coefficient (Wildman–Crippen LogP) is 0.591. The number of rotatable bonds is 3. The Bertz CT molecular complexity index is 630. The third-order valence-corrected chi connectivity index (χ3v) is 3.38. The van der Waals surface area contributed by atoms with Crippen molar-refractivity contribution in [1.82, 2.24) is 29.4 Å². The number of hydrogen-bond donors (Lipinski definition) is 1. The molecule has 7 nitrogen and oxygen atoms in total. The molecule has 2 aromatic heterocycles. The predicted molar refractivity (Wildman–Crippen MR) is 66.9 cm³/mol. The maximum Gasteiger partial charge on any atom is 0.451 e. The molecular weight excluding hydrogens is 287 g/mol. The van der Waals surface area contributed by atoms with E-state index < -0.39 is 12.0 Å². The van der Waals surface area contributed by atoms with Crippen molar-refractivity contribution in [3.63, 3.8) is 0 Å². The SMILES string of the molecule is Nc1cnn(CCN2CCn3c(nnc3C(F)(F)F)C2)c1. The van der Waals surface area contributed by atoms with Crippen LogP contribution in [0.1, 0.15) is 11.6 Å². The number of anilines is 1. The normalized spacial score (nSPS) is 16.1. The Hall–Kier alpha value is -2.10. The summed E-state index contributed by atoms with van der Waals surface area (Å²) >= 11 is 0. The molecule has 0 aromatic carbocycles. The summed E-state index contributed by atoms with van der Waals surface area (Å²) in [5, 5.41) is 11.0. The summed E-state index contributed by atoms with van der Waals surface area (Å²) in [6.45, 7) is 2.38. The first-order valence-electron chi connectivity index (χ1n) is 6.43. The molecule has 2 N–H and O–H groups in total. The van der Waals surface area contributed by atoms with Gasteiger partial charge in [-0.1, -0.05) is 0 Å². The highest BCUT2D eigenvalue weighted by molar-refractivity contribution is 5.30. The average Bonchev–Trinajstić information content (AvgIpc) is 3.01. The zero-order valence-electron chi connectivity index (χ0n) is 11.1. The summed E-state index contributed by atoms with van der Waals surface area (Å²) in [6, 6.07) is 0. The summed E-state index contributed by atoms with van der Waals surface area (Å²) in [5.74, 6) is -0.578. The van der Waals surface area contributed by atoms with Crippen molar-refractivity contribution in [1.29, 1.82) is 0 Å². The third kappa shape index (κ3) is 2.84. The van der Waals surface area contributed by atoms with Crippen LogP contribution in [-0.4, -0.2) is 42.5 Å². The highest BCUT2D eigenvalue weighted by Crippen LogP contribution is 2.29. The zero-order valence-corrected chi connectivity index (χ0v) is 11.1. The number of nitrogens with zero attached hydrogens (tertiary/aromatic N) is 6. The van der Waals surface area contributed by atoms with E-state index in [-0.39, 0.29) is 6.54 Å². The molecule has 3 rings (SSSR count). The van der Waals surface area contributed by atoms with E-state index in [2.05, 4.69) is 15.3 Å². The minimum absolute atomic E-state index is 0.235. The van der Waals surface area contributed by atoms with Crippen molar-refractivity contribution in [2.24, 2.45) is 0 Å². The molecule has 0 spiro atoms. The second kappa shape index (κ2) is 5.02. The van der Waals surface area contributed by atoms with Crippen LogP contribution in [0, 0.1) is 0 Å². The van der Waals surface area contributed by atoms with Crippen molar-refractivity contribution in [2.45, 2.75) is 25.8 Å². The molecule has 3 heterocycles. The second-order valence-corrected chi connectivity index (χ2v) is 4.90. The molecule has 0 fully saturated rings. The Kier molecular flexibility index (Phi) is 3.32. The molecule has 2 aromatic rings. The first-order valence-corrected chi connectivity index (χ1v) is 6.43. The molecule has 21 heavy (non-hydrogen) atoms. The summed E-state index contributed by atoms with van der Waals surface area (Å²) in [5.41, 5.74) is 6.16. The van der Waals surface area contributed by atoms with Crippen molar-refractivity contribution in [2.75, 3.05) is 18.8 Å². The van der Waals surface area contributed by atoms with Gasteiger partial charge in [-0.15, -0.1) is 10.2 Å². The molecule has 0 saturated heterocycles. The largest absolute Gasteiger partial charge is 0.451 e. The second-order valence-electron chi connectivity index (χ2n) is 4.90. The molecule has 1 aliphatic rings. The quantitative estimate of drug-likeness (QED) is 0.898. The Balaban J connectivity index is 1.64. The molecule has 0 saturated carbocycles. The number of nitrogens with two attached hydrogens (primary N) is 1. The fourth-order valence-electron chi connectivity index (χ4n) is 2.35. The lowest BCUT2D eigenvalue weighted by atomic mass is 10.3. The Morgan fingerprint density at radius 2 is 2.00 bits per heavy atom. The molecular formula is C11H14F3N7. The number of hydrogen-bond acceptors (Lipinski definition) is 5. The summed E-state index contributed by atoms with van der Waals surface area (Å²) < 4.78 is 41.0. The molecule has 0 radical (unpaired) electrons. The number of halogens is 3. The van der Waals surface area contributed by atoms with Crippen LogP contribution in [0.25, 0.3) is 0 Å². The van der Waals surface area contributed by atoms with Gasteiger partial charge in [-0.2, -0.15) is 18.3 Å². The van der Waals surface area contributed by atoms with Crippen LogP contribution in [0.4, 0.5) is 18.9 Å². The van der Waals surface area contributed by atoms with E-state index in [0.717, 1.165) is 4.57 Å².